The van der Waals surface area contributed by atoms with Crippen molar-refractivity contribution in [2.45, 2.75) is 25.9 Å². The Kier molecular flexibility index (Phi) is 3.85. The van der Waals surface area contributed by atoms with Gasteiger partial charge in [-0.15, -0.1) is 0 Å². The molecule has 0 saturated carbocycles. The van der Waals surface area contributed by atoms with E-state index in [0.29, 0.717) is 10.0 Å². The summed E-state index contributed by atoms with van der Waals surface area (Å²) in [4.78, 5) is 25.3. The molecule has 0 spiro atoms. The summed E-state index contributed by atoms with van der Waals surface area (Å²) in [5, 5.41) is 3.76. The van der Waals surface area contributed by atoms with Crippen LogP contribution >= 0.6 is 23.2 Å². The highest BCUT2D eigenvalue weighted by molar-refractivity contribution is 6.42. The van der Waals surface area contributed by atoms with E-state index >= 15 is 0 Å². The van der Waals surface area contributed by atoms with Crippen LogP contribution in [0.2, 0.25) is 10.0 Å². The first-order valence-electron chi connectivity index (χ1n) is 5.85. The summed E-state index contributed by atoms with van der Waals surface area (Å²) in [7, 11) is 0. The molecule has 1 aliphatic rings. The van der Waals surface area contributed by atoms with Gasteiger partial charge in [0.1, 0.15) is 0 Å². The third-order valence-corrected chi connectivity index (χ3v) is 3.83. The number of hydrogen-bond donors (Lipinski definition) is 1. The van der Waals surface area contributed by atoms with Crippen molar-refractivity contribution in [3.05, 3.63) is 33.8 Å². The molecule has 102 valence electrons. The first kappa shape index (κ1) is 14.3. The summed E-state index contributed by atoms with van der Waals surface area (Å²) in [6, 6.07) is 5.07. The number of amides is 2. The van der Waals surface area contributed by atoms with Crippen LogP contribution in [0, 0.1) is 0 Å². The van der Waals surface area contributed by atoms with E-state index in [2.05, 4.69) is 5.32 Å². The van der Waals surface area contributed by atoms with E-state index in [1.54, 1.807) is 32.0 Å². The zero-order chi connectivity index (χ0) is 14.2. The quantitative estimate of drug-likeness (QED) is 0.852. The summed E-state index contributed by atoms with van der Waals surface area (Å²) in [6.45, 7) is 3.87. The van der Waals surface area contributed by atoms with Gasteiger partial charge in [-0.25, -0.2) is 0 Å². The Morgan fingerprint density at radius 1 is 1.26 bits per heavy atom. The van der Waals surface area contributed by atoms with Crippen molar-refractivity contribution in [1.82, 2.24) is 10.2 Å². The fourth-order valence-corrected chi connectivity index (χ4v) is 2.22. The average molecular weight is 301 g/mol. The molecule has 1 saturated heterocycles. The molecule has 0 atom stereocenters. The number of carbonyl (C=O) groups is 2. The number of piperazine rings is 1. The summed E-state index contributed by atoms with van der Waals surface area (Å²) in [6.07, 6.45) is 0. The molecule has 4 nitrogen and oxygen atoms in total. The van der Waals surface area contributed by atoms with E-state index in [1.165, 1.54) is 4.90 Å². The molecule has 1 fully saturated rings. The predicted octanol–water partition coefficient (Wildman–Crippen LogP) is 2.23. The van der Waals surface area contributed by atoms with Gasteiger partial charge in [-0.2, -0.15) is 0 Å². The number of hydrogen-bond acceptors (Lipinski definition) is 3. The summed E-state index contributed by atoms with van der Waals surface area (Å²) >= 11 is 11.8. The number of imide groups is 1. The molecule has 6 heteroatoms. The lowest BCUT2D eigenvalue weighted by Crippen LogP contribution is -2.63. The van der Waals surface area contributed by atoms with E-state index in [9.17, 15) is 9.59 Å². The second kappa shape index (κ2) is 5.12. The van der Waals surface area contributed by atoms with Gasteiger partial charge in [0.15, 0.2) is 0 Å². The normalized spacial score (nSPS) is 18.8. The second-order valence-corrected chi connectivity index (χ2v) is 5.83. The third-order valence-electron chi connectivity index (χ3n) is 3.09. The molecule has 2 rings (SSSR count). The van der Waals surface area contributed by atoms with Crippen LogP contribution in [0.5, 0.6) is 0 Å². The number of carbonyl (C=O) groups excluding carboxylic acids is 2. The van der Waals surface area contributed by atoms with Gasteiger partial charge >= 0.3 is 0 Å². The number of nitrogens with one attached hydrogen (secondary N) is 1. The Morgan fingerprint density at radius 3 is 2.58 bits per heavy atom. The fraction of sp³-hybridized carbons (Fsp3) is 0.385. The standard InChI is InChI=1S/C13H14Cl2N2O2/c1-13(2)12(19)17(11(18)6-16-13)7-8-3-4-9(14)10(15)5-8/h3-5,16H,6-7H2,1-2H3. The van der Waals surface area contributed by atoms with E-state index in [1.807, 2.05) is 0 Å². The Morgan fingerprint density at radius 2 is 1.95 bits per heavy atom. The van der Waals surface area contributed by atoms with Gasteiger partial charge in [-0.3, -0.25) is 19.8 Å². The van der Waals surface area contributed by atoms with Gasteiger partial charge < -0.3 is 0 Å². The number of benzene rings is 1. The van der Waals surface area contributed by atoms with E-state index in [0.717, 1.165) is 5.56 Å². The van der Waals surface area contributed by atoms with Gasteiger partial charge in [-0.05, 0) is 31.5 Å². The molecular weight excluding hydrogens is 287 g/mol. The van der Waals surface area contributed by atoms with Crippen LogP contribution in [-0.4, -0.2) is 28.8 Å². The molecule has 0 aromatic heterocycles. The van der Waals surface area contributed by atoms with E-state index in [-0.39, 0.29) is 24.9 Å². The minimum atomic E-state index is -0.732. The molecule has 0 aliphatic carbocycles. The number of rotatable bonds is 2. The highest BCUT2D eigenvalue weighted by Gasteiger charge is 2.39. The maximum absolute atomic E-state index is 12.2. The van der Waals surface area contributed by atoms with E-state index < -0.39 is 5.54 Å². The largest absolute Gasteiger partial charge is 0.295 e. The van der Waals surface area contributed by atoms with Crippen molar-refractivity contribution < 1.29 is 9.59 Å². The van der Waals surface area contributed by atoms with Gasteiger partial charge in [0, 0.05) is 0 Å². The zero-order valence-electron chi connectivity index (χ0n) is 10.7. The summed E-state index contributed by atoms with van der Waals surface area (Å²) in [5.41, 5.74) is 0.0400. The Labute approximate surface area is 121 Å². The fourth-order valence-electron chi connectivity index (χ4n) is 1.90. The first-order chi connectivity index (χ1) is 8.81. The second-order valence-electron chi connectivity index (χ2n) is 5.01. The van der Waals surface area contributed by atoms with Crippen molar-refractivity contribution >= 4 is 35.0 Å². The van der Waals surface area contributed by atoms with Crippen molar-refractivity contribution in [2.75, 3.05) is 6.54 Å². The van der Waals surface area contributed by atoms with Crippen molar-refractivity contribution in [3.8, 4) is 0 Å². The molecule has 19 heavy (non-hydrogen) atoms. The highest BCUT2D eigenvalue weighted by Crippen LogP contribution is 2.24. The van der Waals surface area contributed by atoms with Crippen molar-refractivity contribution in [3.63, 3.8) is 0 Å². The van der Waals surface area contributed by atoms with Crippen LogP contribution in [0.3, 0.4) is 0 Å². The lowest BCUT2D eigenvalue weighted by atomic mass is 10.00. The lowest BCUT2D eigenvalue weighted by molar-refractivity contribution is -0.153. The molecular formula is C13H14Cl2N2O2. The topological polar surface area (TPSA) is 49.4 Å². The van der Waals surface area contributed by atoms with Gasteiger partial charge in [0.2, 0.25) is 11.8 Å². The molecule has 1 N–H and O–H groups in total. The smallest absolute Gasteiger partial charge is 0.249 e. The van der Waals surface area contributed by atoms with Crippen LogP contribution in [-0.2, 0) is 16.1 Å². The molecule has 0 bridgehead atoms. The summed E-state index contributed by atoms with van der Waals surface area (Å²) < 4.78 is 0. The van der Waals surface area contributed by atoms with Crippen molar-refractivity contribution in [2.24, 2.45) is 0 Å². The maximum atomic E-state index is 12.2. The van der Waals surface area contributed by atoms with Crippen LogP contribution in [0.1, 0.15) is 19.4 Å². The summed E-state index contributed by atoms with van der Waals surface area (Å²) in [5.74, 6) is -0.481. The van der Waals surface area contributed by atoms with Crippen LogP contribution in [0.25, 0.3) is 0 Å². The minimum Gasteiger partial charge on any atom is -0.295 e. The minimum absolute atomic E-state index is 0.153. The predicted molar refractivity (Wildman–Crippen MR) is 74.1 cm³/mol. The zero-order valence-corrected chi connectivity index (χ0v) is 12.2. The number of nitrogens with zero attached hydrogens (tertiary/aromatic N) is 1. The van der Waals surface area contributed by atoms with Crippen LogP contribution in [0.15, 0.2) is 18.2 Å². The van der Waals surface area contributed by atoms with Gasteiger partial charge in [0.25, 0.3) is 0 Å². The third kappa shape index (κ3) is 2.91. The molecule has 2 amide bonds. The lowest BCUT2D eigenvalue weighted by Gasteiger charge is -2.36. The van der Waals surface area contributed by atoms with Gasteiger partial charge in [0.05, 0.1) is 28.7 Å². The molecule has 0 unspecified atom stereocenters. The molecule has 1 heterocycles. The van der Waals surface area contributed by atoms with E-state index in [4.69, 9.17) is 23.2 Å². The SMILES string of the molecule is CC1(C)NCC(=O)N(Cc2ccc(Cl)c(Cl)c2)C1=O. The number of halogens is 2. The van der Waals surface area contributed by atoms with Crippen LogP contribution < -0.4 is 5.32 Å². The Balaban J connectivity index is 2.23. The molecule has 1 aromatic carbocycles. The molecule has 1 aromatic rings. The first-order valence-corrected chi connectivity index (χ1v) is 6.60. The molecule has 1 aliphatic heterocycles. The van der Waals surface area contributed by atoms with Crippen LogP contribution in [0.4, 0.5) is 0 Å². The van der Waals surface area contributed by atoms with Crippen molar-refractivity contribution in [1.29, 1.82) is 0 Å². The maximum Gasteiger partial charge on any atom is 0.249 e. The highest BCUT2D eigenvalue weighted by atomic mass is 35.5. The average Bonchev–Trinajstić information content (AvgIpc) is 2.35. The monoisotopic (exact) mass is 300 g/mol. The molecule has 0 radical (unpaired) electrons. The Bertz CT molecular complexity index is 543. The Hall–Kier alpha value is -1.10. The van der Waals surface area contributed by atoms with Gasteiger partial charge in [-0.1, -0.05) is 29.3 Å².